The van der Waals surface area contributed by atoms with Crippen molar-refractivity contribution >= 4 is 38.2 Å². The van der Waals surface area contributed by atoms with Gasteiger partial charge in [-0.15, -0.1) is 11.3 Å². The lowest BCUT2D eigenvalue weighted by molar-refractivity contribution is 0.102. The number of nitrogens with zero attached hydrogens (tertiary/aromatic N) is 2. The van der Waals surface area contributed by atoms with Gasteiger partial charge >= 0.3 is 6.09 Å². The van der Waals surface area contributed by atoms with E-state index in [-0.39, 0.29) is 17.1 Å². The van der Waals surface area contributed by atoms with Crippen molar-refractivity contribution in [1.82, 2.24) is 4.90 Å². The Labute approximate surface area is 172 Å². The lowest BCUT2D eigenvalue weighted by Gasteiger charge is -2.25. The number of amides is 2. The zero-order valence-electron chi connectivity index (χ0n) is 15.9. The Morgan fingerprint density at radius 3 is 2.72 bits per heavy atom. The summed E-state index contributed by atoms with van der Waals surface area (Å²) >= 11 is 1.21. The highest BCUT2D eigenvalue weighted by molar-refractivity contribution is 7.90. The summed E-state index contributed by atoms with van der Waals surface area (Å²) in [6.45, 7) is 2.72. The summed E-state index contributed by atoms with van der Waals surface area (Å²) in [6, 6.07) is 8.03. The summed E-state index contributed by atoms with van der Waals surface area (Å²) in [5.41, 5.74) is 1.15. The fraction of sp³-hybridized carbons (Fsp3) is 0.316. The fourth-order valence-electron chi connectivity index (χ4n) is 3.13. The molecule has 0 spiro atoms. The minimum absolute atomic E-state index is 0.0124. The van der Waals surface area contributed by atoms with E-state index in [2.05, 4.69) is 11.4 Å². The lowest BCUT2D eigenvalue weighted by atomic mass is 10.0. The Hall–Kier alpha value is -2.90. The molecular weight excluding hydrogens is 414 g/mol. The van der Waals surface area contributed by atoms with Gasteiger partial charge in [0.2, 0.25) is 0 Å². The van der Waals surface area contributed by atoms with Gasteiger partial charge in [0.15, 0.2) is 9.84 Å². The van der Waals surface area contributed by atoms with Gasteiger partial charge < -0.3 is 15.0 Å². The van der Waals surface area contributed by atoms with E-state index in [4.69, 9.17) is 4.74 Å². The van der Waals surface area contributed by atoms with Gasteiger partial charge in [0.25, 0.3) is 5.91 Å². The zero-order valence-corrected chi connectivity index (χ0v) is 17.5. The van der Waals surface area contributed by atoms with Crippen molar-refractivity contribution in [2.24, 2.45) is 0 Å². The fourth-order valence-corrected chi connectivity index (χ4v) is 5.22. The molecular formula is C19H19N3O5S2. The van der Waals surface area contributed by atoms with Gasteiger partial charge in [0, 0.05) is 17.7 Å². The monoisotopic (exact) mass is 433 g/mol. The molecule has 8 nitrogen and oxygen atoms in total. The summed E-state index contributed by atoms with van der Waals surface area (Å²) < 4.78 is 29.0. The maximum absolute atomic E-state index is 12.8. The van der Waals surface area contributed by atoms with Crippen molar-refractivity contribution in [2.75, 3.05) is 24.7 Å². The maximum atomic E-state index is 12.8. The van der Waals surface area contributed by atoms with Crippen LogP contribution in [0.3, 0.4) is 0 Å². The van der Waals surface area contributed by atoms with E-state index in [1.54, 1.807) is 24.0 Å². The molecule has 29 heavy (non-hydrogen) atoms. The molecule has 0 bridgehead atoms. The first-order chi connectivity index (χ1) is 13.8. The Balaban J connectivity index is 1.90. The summed E-state index contributed by atoms with van der Waals surface area (Å²) in [6.07, 6.45) is 1.09. The van der Waals surface area contributed by atoms with Crippen LogP contribution in [0, 0.1) is 11.3 Å². The highest BCUT2D eigenvalue weighted by atomic mass is 32.2. The average Bonchev–Trinajstić information content (AvgIpc) is 3.03. The molecule has 2 aromatic rings. The number of fused-ring (bicyclic) bond motifs is 1. The topological polar surface area (TPSA) is 117 Å². The predicted octanol–water partition coefficient (Wildman–Crippen LogP) is 2.79. The number of hydrogen-bond donors (Lipinski definition) is 1. The summed E-state index contributed by atoms with van der Waals surface area (Å²) in [4.78, 5) is 27.0. The van der Waals surface area contributed by atoms with Crippen LogP contribution in [0.4, 0.5) is 9.80 Å². The summed E-state index contributed by atoms with van der Waals surface area (Å²) in [7, 11) is -3.59. The largest absolute Gasteiger partial charge is 0.450 e. The molecule has 1 aromatic carbocycles. The molecule has 2 amide bonds. The van der Waals surface area contributed by atoms with Crippen molar-refractivity contribution in [3.05, 3.63) is 45.8 Å². The van der Waals surface area contributed by atoms with Crippen LogP contribution in [0.1, 0.15) is 33.3 Å². The molecule has 0 atom stereocenters. The number of ether oxygens (including phenoxy) is 1. The minimum atomic E-state index is -3.59. The number of nitriles is 1. The number of hydrogen-bond acceptors (Lipinski definition) is 7. The van der Waals surface area contributed by atoms with Gasteiger partial charge in [-0.1, -0.05) is 12.1 Å². The van der Waals surface area contributed by atoms with Crippen molar-refractivity contribution in [2.45, 2.75) is 24.8 Å². The summed E-state index contributed by atoms with van der Waals surface area (Å²) in [5, 5.41) is 12.6. The molecule has 1 aliphatic rings. The molecule has 0 aliphatic carbocycles. The van der Waals surface area contributed by atoms with Crippen molar-refractivity contribution in [3.8, 4) is 6.07 Å². The van der Waals surface area contributed by atoms with Crippen LogP contribution >= 0.6 is 11.3 Å². The van der Waals surface area contributed by atoms with Gasteiger partial charge in [-0.2, -0.15) is 5.26 Å². The van der Waals surface area contributed by atoms with E-state index in [1.165, 1.54) is 23.5 Å². The molecule has 1 aliphatic heterocycles. The highest BCUT2D eigenvalue weighted by Crippen LogP contribution is 2.37. The third kappa shape index (κ3) is 4.26. The van der Waals surface area contributed by atoms with Gasteiger partial charge in [0.05, 0.1) is 29.2 Å². The number of sulfone groups is 1. The molecule has 1 N–H and O–H groups in total. The Morgan fingerprint density at radius 1 is 1.34 bits per heavy atom. The quantitative estimate of drug-likeness (QED) is 0.792. The Bertz CT molecular complexity index is 1120. The summed E-state index contributed by atoms with van der Waals surface area (Å²) in [5.74, 6) is -0.608. The van der Waals surface area contributed by atoms with E-state index >= 15 is 0 Å². The smallest absolute Gasteiger partial charge is 0.410 e. The van der Waals surface area contributed by atoms with Crippen LogP contribution in [0.15, 0.2) is 29.2 Å². The number of rotatable bonds is 4. The molecule has 0 fully saturated rings. The van der Waals surface area contributed by atoms with Gasteiger partial charge in [-0.3, -0.25) is 4.79 Å². The first-order valence-corrected chi connectivity index (χ1v) is 11.5. The number of benzene rings is 1. The number of carbonyl (C=O) groups excluding carboxylic acids is 2. The first-order valence-electron chi connectivity index (χ1n) is 8.83. The van der Waals surface area contributed by atoms with Crippen LogP contribution in [0.25, 0.3) is 0 Å². The molecule has 3 rings (SSSR count). The Morgan fingerprint density at radius 2 is 2.07 bits per heavy atom. The number of anilines is 1. The molecule has 2 heterocycles. The molecule has 0 saturated heterocycles. The lowest BCUT2D eigenvalue weighted by Crippen LogP contribution is -2.35. The van der Waals surface area contributed by atoms with E-state index in [0.717, 1.165) is 16.7 Å². The first kappa shape index (κ1) is 20.8. The number of thiophene rings is 1. The van der Waals surface area contributed by atoms with Crippen molar-refractivity contribution < 1.29 is 22.7 Å². The van der Waals surface area contributed by atoms with Crippen molar-refractivity contribution in [1.29, 1.82) is 5.26 Å². The van der Waals surface area contributed by atoms with E-state index in [1.807, 2.05) is 0 Å². The van der Waals surface area contributed by atoms with Crippen molar-refractivity contribution in [3.63, 3.8) is 0 Å². The minimum Gasteiger partial charge on any atom is -0.450 e. The van der Waals surface area contributed by atoms with Gasteiger partial charge in [0.1, 0.15) is 11.1 Å². The highest BCUT2D eigenvalue weighted by Gasteiger charge is 2.28. The third-order valence-corrected chi connectivity index (χ3v) is 6.74. The molecule has 152 valence electrons. The average molecular weight is 434 g/mol. The SMILES string of the molecule is CCOC(=O)N1CCc2c(sc(NC(=O)c3ccccc3S(C)(=O)=O)c2C#N)C1. The maximum Gasteiger partial charge on any atom is 0.410 e. The van der Waals surface area contributed by atoms with E-state index < -0.39 is 21.8 Å². The van der Waals surface area contributed by atoms with E-state index in [0.29, 0.717) is 30.1 Å². The van der Waals surface area contributed by atoms with Crippen LogP contribution in [-0.4, -0.2) is 44.7 Å². The predicted molar refractivity (Wildman–Crippen MR) is 108 cm³/mol. The molecule has 10 heteroatoms. The second-order valence-corrected chi connectivity index (χ2v) is 9.50. The molecule has 0 radical (unpaired) electrons. The normalized spacial score (nSPS) is 13.3. The standard InChI is InChI=1S/C19H19N3O5S2/c1-3-27-19(24)22-9-8-12-14(10-20)18(28-15(12)11-22)21-17(23)13-6-4-5-7-16(13)29(2,25)26/h4-7H,3,8-9,11H2,1-2H3,(H,21,23). The second-order valence-electron chi connectivity index (χ2n) is 6.41. The van der Waals surface area contributed by atoms with Crippen LogP contribution in [0.5, 0.6) is 0 Å². The van der Waals surface area contributed by atoms with Gasteiger partial charge in [-0.05, 0) is 31.0 Å². The molecule has 1 aromatic heterocycles. The van der Waals surface area contributed by atoms with Crippen LogP contribution < -0.4 is 5.32 Å². The van der Waals surface area contributed by atoms with Crippen LogP contribution in [0.2, 0.25) is 0 Å². The zero-order chi connectivity index (χ0) is 21.2. The van der Waals surface area contributed by atoms with Gasteiger partial charge in [-0.25, -0.2) is 13.2 Å². The molecule has 0 saturated carbocycles. The van der Waals surface area contributed by atoms with Crippen LogP contribution in [-0.2, 0) is 27.5 Å². The number of nitrogens with one attached hydrogen (secondary N) is 1. The Kier molecular flexibility index (Phi) is 5.91. The number of carbonyl (C=O) groups is 2. The molecule has 0 unspecified atom stereocenters. The third-order valence-electron chi connectivity index (χ3n) is 4.45. The van der Waals surface area contributed by atoms with E-state index in [9.17, 15) is 23.3 Å². The second kappa shape index (κ2) is 8.23.